The SMILES string of the molecule is COc1ccc(CC(=O)N(C)[C@@H]2C[C@@H]3CC(=O)N(C)C[C@@H]3C2)cc1OC. The van der Waals surface area contributed by atoms with Crippen molar-refractivity contribution >= 4 is 11.8 Å². The zero-order valence-corrected chi connectivity index (χ0v) is 16.0. The molecule has 0 aromatic heterocycles. The molecule has 0 unspecified atom stereocenters. The van der Waals surface area contributed by atoms with Gasteiger partial charge >= 0.3 is 0 Å². The molecule has 1 saturated heterocycles. The Morgan fingerprint density at radius 3 is 2.58 bits per heavy atom. The van der Waals surface area contributed by atoms with E-state index in [-0.39, 0.29) is 17.9 Å². The van der Waals surface area contributed by atoms with Gasteiger partial charge in [-0.25, -0.2) is 0 Å². The lowest BCUT2D eigenvalue weighted by molar-refractivity contribution is -0.135. The van der Waals surface area contributed by atoms with Crippen LogP contribution >= 0.6 is 0 Å². The van der Waals surface area contributed by atoms with Gasteiger partial charge in [-0.05, 0) is 42.4 Å². The van der Waals surface area contributed by atoms with E-state index in [0.29, 0.717) is 36.2 Å². The summed E-state index contributed by atoms with van der Waals surface area (Å²) in [5.74, 6) is 2.55. The molecular formula is C20H28N2O4. The van der Waals surface area contributed by atoms with Crippen molar-refractivity contribution in [2.45, 2.75) is 31.7 Å². The normalized spacial score (nSPS) is 25.0. The number of methoxy groups -OCH3 is 2. The first-order valence-electron chi connectivity index (χ1n) is 9.13. The van der Waals surface area contributed by atoms with Gasteiger partial charge in [0.25, 0.3) is 0 Å². The number of fused-ring (bicyclic) bond motifs is 1. The molecule has 26 heavy (non-hydrogen) atoms. The molecule has 1 heterocycles. The van der Waals surface area contributed by atoms with Gasteiger partial charge in [0.1, 0.15) is 0 Å². The fourth-order valence-electron chi connectivity index (χ4n) is 4.30. The quantitative estimate of drug-likeness (QED) is 0.805. The molecule has 2 aliphatic rings. The molecule has 0 spiro atoms. The van der Waals surface area contributed by atoms with Crippen molar-refractivity contribution in [3.63, 3.8) is 0 Å². The number of amides is 2. The number of likely N-dealkylation sites (tertiary alicyclic amines) is 1. The van der Waals surface area contributed by atoms with Gasteiger partial charge in [-0.1, -0.05) is 6.07 Å². The number of rotatable bonds is 5. The molecule has 1 aliphatic heterocycles. The average Bonchev–Trinajstić information content (AvgIpc) is 3.03. The second-order valence-corrected chi connectivity index (χ2v) is 7.49. The van der Waals surface area contributed by atoms with Crippen LogP contribution in [-0.4, -0.2) is 62.5 Å². The first kappa shape index (κ1) is 18.5. The Morgan fingerprint density at radius 1 is 1.19 bits per heavy atom. The minimum absolute atomic E-state index is 0.0977. The van der Waals surface area contributed by atoms with Crippen LogP contribution < -0.4 is 9.47 Å². The molecule has 1 aromatic carbocycles. The summed E-state index contributed by atoms with van der Waals surface area (Å²) < 4.78 is 10.6. The Labute approximate surface area is 155 Å². The molecule has 3 rings (SSSR count). The lowest BCUT2D eigenvalue weighted by Gasteiger charge is -2.31. The molecule has 0 radical (unpaired) electrons. The van der Waals surface area contributed by atoms with Crippen LogP contribution in [0.1, 0.15) is 24.8 Å². The summed E-state index contributed by atoms with van der Waals surface area (Å²) in [6, 6.07) is 5.80. The van der Waals surface area contributed by atoms with Crippen LogP contribution in [0.25, 0.3) is 0 Å². The topological polar surface area (TPSA) is 59.1 Å². The van der Waals surface area contributed by atoms with Crippen LogP contribution in [0.15, 0.2) is 18.2 Å². The van der Waals surface area contributed by atoms with E-state index < -0.39 is 0 Å². The van der Waals surface area contributed by atoms with Crippen LogP contribution in [-0.2, 0) is 16.0 Å². The summed E-state index contributed by atoms with van der Waals surface area (Å²) in [5.41, 5.74) is 0.907. The highest BCUT2D eigenvalue weighted by molar-refractivity contribution is 5.79. The van der Waals surface area contributed by atoms with Crippen LogP contribution in [0, 0.1) is 11.8 Å². The maximum absolute atomic E-state index is 12.8. The molecule has 0 bridgehead atoms. The van der Waals surface area contributed by atoms with Crippen molar-refractivity contribution in [3.05, 3.63) is 23.8 Å². The third-order valence-corrected chi connectivity index (χ3v) is 5.93. The highest BCUT2D eigenvalue weighted by atomic mass is 16.5. The second kappa shape index (κ2) is 7.56. The van der Waals surface area contributed by atoms with Crippen LogP contribution in [0.2, 0.25) is 0 Å². The molecule has 3 atom stereocenters. The maximum atomic E-state index is 12.8. The number of ether oxygens (including phenoxy) is 2. The van der Waals surface area contributed by atoms with E-state index in [2.05, 4.69) is 0 Å². The van der Waals surface area contributed by atoms with Crippen LogP contribution in [0.3, 0.4) is 0 Å². The minimum atomic E-state index is 0.0977. The van der Waals surface area contributed by atoms with E-state index in [9.17, 15) is 9.59 Å². The van der Waals surface area contributed by atoms with Gasteiger partial charge in [-0.15, -0.1) is 0 Å². The van der Waals surface area contributed by atoms with E-state index >= 15 is 0 Å². The number of carbonyl (C=O) groups is 2. The monoisotopic (exact) mass is 360 g/mol. The van der Waals surface area contributed by atoms with E-state index in [4.69, 9.17) is 9.47 Å². The van der Waals surface area contributed by atoms with Crippen molar-refractivity contribution in [2.24, 2.45) is 11.8 Å². The van der Waals surface area contributed by atoms with Gasteiger partial charge in [-0.3, -0.25) is 9.59 Å². The first-order valence-corrected chi connectivity index (χ1v) is 9.13. The van der Waals surface area contributed by atoms with E-state index in [1.165, 1.54) is 0 Å². The number of likely N-dealkylation sites (N-methyl/N-ethyl adjacent to an activating group) is 1. The zero-order chi connectivity index (χ0) is 18.8. The van der Waals surface area contributed by atoms with Gasteiger partial charge in [0.05, 0.1) is 20.6 Å². The lowest BCUT2D eigenvalue weighted by atomic mass is 9.88. The lowest BCUT2D eigenvalue weighted by Crippen LogP contribution is -2.40. The minimum Gasteiger partial charge on any atom is -0.493 e. The molecular weight excluding hydrogens is 332 g/mol. The molecule has 1 aromatic rings. The number of hydrogen-bond acceptors (Lipinski definition) is 4. The third-order valence-electron chi connectivity index (χ3n) is 5.93. The van der Waals surface area contributed by atoms with Gasteiger partial charge in [0, 0.05) is 33.1 Å². The Morgan fingerprint density at radius 2 is 1.88 bits per heavy atom. The van der Waals surface area contributed by atoms with Crippen molar-refractivity contribution in [1.82, 2.24) is 9.80 Å². The van der Waals surface area contributed by atoms with Gasteiger partial charge < -0.3 is 19.3 Å². The highest BCUT2D eigenvalue weighted by Gasteiger charge is 2.42. The Hall–Kier alpha value is -2.24. The summed E-state index contributed by atoms with van der Waals surface area (Å²) in [6.07, 6.45) is 2.87. The van der Waals surface area contributed by atoms with Gasteiger partial charge in [-0.2, -0.15) is 0 Å². The maximum Gasteiger partial charge on any atom is 0.226 e. The Balaban J connectivity index is 1.63. The second-order valence-electron chi connectivity index (χ2n) is 7.49. The van der Waals surface area contributed by atoms with E-state index in [1.807, 2.05) is 42.1 Å². The highest BCUT2D eigenvalue weighted by Crippen LogP contribution is 2.40. The molecule has 6 heteroatoms. The number of carbonyl (C=O) groups excluding carboxylic acids is 2. The fourth-order valence-corrected chi connectivity index (χ4v) is 4.30. The molecule has 1 aliphatic carbocycles. The smallest absolute Gasteiger partial charge is 0.226 e. The zero-order valence-electron chi connectivity index (χ0n) is 16.0. The van der Waals surface area contributed by atoms with Crippen molar-refractivity contribution in [1.29, 1.82) is 0 Å². The number of nitrogens with zero attached hydrogens (tertiary/aromatic N) is 2. The predicted octanol–water partition coefficient (Wildman–Crippen LogP) is 1.96. The molecule has 2 amide bonds. The van der Waals surface area contributed by atoms with Crippen molar-refractivity contribution in [2.75, 3.05) is 34.9 Å². The summed E-state index contributed by atoms with van der Waals surface area (Å²) in [7, 11) is 6.95. The molecule has 0 N–H and O–H groups in total. The number of hydrogen-bond donors (Lipinski definition) is 0. The molecule has 142 valence electrons. The summed E-state index contributed by atoms with van der Waals surface area (Å²) in [6.45, 7) is 0.817. The summed E-state index contributed by atoms with van der Waals surface area (Å²) in [5, 5.41) is 0. The van der Waals surface area contributed by atoms with Gasteiger partial charge in [0.15, 0.2) is 11.5 Å². The van der Waals surface area contributed by atoms with Crippen molar-refractivity contribution in [3.8, 4) is 11.5 Å². The van der Waals surface area contributed by atoms with Gasteiger partial charge in [0.2, 0.25) is 11.8 Å². The Bertz CT molecular complexity index is 690. The standard InChI is InChI=1S/C20H28N2O4/c1-21-12-15-10-16(9-14(15)11-19(21)23)22(2)20(24)8-13-5-6-17(25-3)18(7-13)26-4/h5-7,14-16H,8-12H2,1-4H3/t14-,15+,16-/m1/s1. The third kappa shape index (κ3) is 3.64. The number of piperidine rings is 1. The average molecular weight is 360 g/mol. The molecule has 1 saturated carbocycles. The van der Waals surface area contributed by atoms with E-state index in [1.54, 1.807) is 14.2 Å². The van der Waals surface area contributed by atoms with Crippen LogP contribution in [0.5, 0.6) is 11.5 Å². The van der Waals surface area contributed by atoms with Crippen LogP contribution in [0.4, 0.5) is 0 Å². The predicted molar refractivity (Wildman–Crippen MR) is 98.3 cm³/mol. The molecule has 2 fully saturated rings. The largest absolute Gasteiger partial charge is 0.493 e. The van der Waals surface area contributed by atoms with Crippen molar-refractivity contribution < 1.29 is 19.1 Å². The summed E-state index contributed by atoms with van der Waals surface area (Å²) in [4.78, 5) is 28.4. The van der Waals surface area contributed by atoms with E-state index in [0.717, 1.165) is 24.9 Å². The summed E-state index contributed by atoms with van der Waals surface area (Å²) >= 11 is 0. The number of benzene rings is 1. The first-order chi connectivity index (χ1) is 12.4. The Kier molecular flexibility index (Phi) is 5.39. The molecule has 6 nitrogen and oxygen atoms in total. The fraction of sp³-hybridized carbons (Fsp3) is 0.600.